The van der Waals surface area contributed by atoms with Crippen LogP contribution in [0.5, 0.6) is 0 Å². The van der Waals surface area contributed by atoms with Gasteiger partial charge in [-0.15, -0.1) is 5.11 Å². The van der Waals surface area contributed by atoms with Crippen molar-refractivity contribution in [2.24, 2.45) is 10.3 Å². The molecule has 0 heterocycles. The minimum Gasteiger partial charge on any atom is -0.348 e. The lowest BCUT2D eigenvalue weighted by atomic mass is 10.1. The molecular weight excluding hydrogens is 336 g/mol. The van der Waals surface area contributed by atoms with Crippen LogP contribution in [0.4, 0.5) is 5.69 Å². The van der Waals surface area contributed by atoms with Crippen molar-refractivity contribution in [3.8, 4) is 0 Å². The van der Waals surface area contributed by atoms with Crippen LogP contribution in [0.3, 0.4) is 0 Å². The minimum atomic E-state index is -0.167. The normalized spacial score (nSPS) is 10.7. The van der Waals surface area contributed by atoms with Crippen LogP contribution in [0, 0.1) is 0 Å². The molecule has 0 bridgehead atoms. The summed E-state index contributed by atoms with van der Waals surface area (Å²) in [5.41, 5.74) is 3.24. The molecular formula is C22H22N4O. The maximum Gasteiger partial charge on any atom is 0.253 e. The molecule has 0 aromatic heterocycles. The summed E-state index contributed by atoms with van der Waals surface area (Å²) in [5.74, 6) is -0.167. The first kappa shape index (κ1) is 18.3. The molecule has 136 valence electrons. The Hall–Kier alpha value is -3.47. The Balaban J connectivity index is 1.65. The molecule has 5 heteroatoms. The van der Waals surface area contributed by atoms with E-state index in [0.717, 1.165) is 11.1 Å². The summed E-state index contributed by atoms with van der Waals surface area (Å²) in [4.78, 5) is 12.5. The first-order chi connectivity index (χ1) is 13.2. The summed E-state index contributed by atoms with van der Waals surface area (Å²) in [6.07, 6.45) is 0. The lowest BCUT2D eigenvalue weighted by Gasteiger charge is -2.12. The van der Waals surface area contributed by atoms with Crippen molar-refractivity contribution < 1.29 is 4.79 Å². The molecule has 0 saturated heterocycles. The van der Waals surface area contributed by atoms with E-state index in [4.69, 9.17) is 0 Å². The number of hydrogen-bond acceptors (Lipinski definition) is 3. The Labute approximate surface area is 159 Å². The van der Waals surface area contributed by atoms with E-state index < -0.39 is 0 Å². The van der Waals surface area contributed by atoms with Gasteiger partial charge in [0.05, 0.1) is 12.1 Å². The van der Waals surface area contributed by atoms with Crippen molar-refractivity contribution in [3.05, 3.63) is 102 Å². The van der Waals surface area contributed by atoms with Gasteiger partial charge in [0, 0.05) is 13.6 Å². The maximum atomic E-state index is 12.5. The smallest absolute Gasteiger partial charge is 0.253 e. The molecule has 3 aromatic carbocycles. The zero-order valence-electron chi connectivity index (χ0n) is 15.2. The fourth-order valence-electron chi connectivity index (χ4n) is 2.63. The van der Waals surface area contributed by atoms with Crippen molar-refractivity contribution in [1.82, 2.24) is 10.3 Å². The Morgan fingerprint density at radius 2 is 1.44 bits per heavy atom. The summed E-state index contributed by atoms with van der Waals surface area (Å²) < 4.78 is 0. The number of hydrogen-bond donors (Lipinski definition) is 1. The zero-order chi connectivity index (χ0) is 18.9. The zero-order valence-corrected chi connectivity index (χ0v) is 15.2. The highest BCUT2D eigenvalue weighted by molar-refractivity contribution is 5.98. The topological polar surface area (TPSA) is 57.1 Å². The first-order valence-corrected chi connectivity index (χ1v) is 8.80. The van der Waals surface area contributed by atoms with Crippen LogP contribution in [-0.2, 0) is 13.1 Å². The van der Waals surface area contributed by atoms with Gasteiger partial charge in [0.1, 0.15) is 5.69 Å². The summed E-state index contributed by atoms with van der Waals surface area (Å²) in [6, 6.07) is 27.1. The number of carbonyl (C=O) groups is 1. The molecule has 1 N–H and O–H groups in total. The highest BCUT2D eigenvalue weighted by Crippen LogP contribution is 2.19. The molecule has 0 aliphatic rings. The average Bonchev–Trinajstić information content (AvgIpc) is 2.72. The highest BCUT2D eigenvalue weighted by Gasteiger charge is 2.10. The molecule has 0 fully saturated rings. The average molecular weight is 358 g/mol. The third-order valence-electron chi connectivity index (χ3n) is 4.00. The fraction of sp³-hybridized carbons (Fsp3) is 0.136. The number of nitrogens with one attached hydrogen (secondary N) is 1. The highest BCUT2D eigenvalue weighted by atomic mass is 16.1. The van der Waals surface area contributed by atoms with E-state index in [-0.39, 0.29) is 5.91 Å². The molecule has 0 unspecified atom stereocenters. The minimum absolute atomic E-state index is 0.167. The van der Waals surface area contributed by atoms with E-state index in [1.54, 1.807) is 17.1 Å². The Morgan fingerprint density at radius 3 is 2.15 bits per heavy atom. The van der Waals surface area contributed by atoms with Crippen LogP contribution in [0.2, 0.25) is 0 Å². The third kappa shape index (κ3) is 5.51. The molecule has 0 aliphatic heterocycles. The first-order valence-electron chi connectivity index (χ1n) is 8.80. The maximum absolute atomic E-state index is 12.5. The molecule has 5 nitrogen and oxygen atoms in total. The van der Waals surface area contributed by atoms with Crippen LogP contribution in [-0.4, -0.2) is 18.0 Å². The van der Waals surface area contributed by atoms with Crippen molar-refractivity contribution in [2.75, 3.05) is 7.05 Å². The number of nitrogens with zero attached hydrogens (tertiary/aromatic N) is 3. The Kier molecular flexibility index (Phi) is 6.30. The van der Waals surface area contributed by atoms with Gasteiger partial charge in [0.15, 0.2) is 0 Å². The lowest BCUT2D eigenvalue weighted by molar-refractivity contribution is 0.0951. The molecule has 0 saturated carbocycles. The molecule has 3 rings (SSSR count). The van der Waals surface area contributed by atoms with Crippen molar-refractivity contribution >= 4 is 11.6 Å². The molecule has 1 amide bonds. The quantitative estimate of drug-likeness (QED) is 0.489. The molecule has 3 aromatic rings. The Morgan fingerprint density at radius 1 is 0.852 bits per heavy atom. The van der Waals surface area contributed by atoms with Crippen molar-refractivity contribution in [1.29, 1.82) is 0 Å². The summed E-state index contributed by atoms with van der Waals surface area (Å²) in [5, 5.41) is 13.2. The van der Waals surface area contributed by atoms with Crippen LogP contribution in [0.1, 0.15) is 21.5 Å². The van der Waals surface area contributed by atoms with Gasteiger partial charge in [-0.3, -0.25) is 9.80 Å². The van der Waals surface area contributed by atoms with E-state index in [1.807, 2.05) is 79.8 Å². The predicted octanol–water partition coefficient (Wildman–Crippen LogP) is 4.75. The van der Waals surface area contributed by atoms with Crippen LogP contribution < -0.4 is 5.32 Å². The van der Waals surface area contributed by atoms with Gasteiger partial charge in [-0.05, 0) is 23.3 Å². The van der Waals surface area contributed by atoms with Gasteiger partial charge < -0.3 is 5.32 Å². The van der Waals surface area contributed by atoms with Crippen LogP contribution in [0.25, 0.3) is 0 Å². The van der Waals surface area contributed by atoms with Gasteiger partial charge in [0.25, 0.3) is 5.91 Å². The van der Waals surface area contributed by atoms with E-state index >= 15 is 0 Å². The number of rotatable bonds is 7. The molecule has 0 aliphatic carbocycles. The molecule has 0 radical (unpaired) electrons. The second-order valence-corrected chi connectivity index (χ2v) is 6.18. The second-order valence-electron chi connectivity index (χ2n) is 6.18. The number of benzene rings is 3. The fourth-order valence-corrected chi connectivity index (χ4v) is 2.63. The van der Waals surface area contributed by atoms with Gasteiger partial charge >= 0.3 is 0 Å². The van der Waals surface area contributed by atoms with E-state index in [1.165, 1.54) is 0 Å². The van der Waals surface area contributed by atoms with E-state index in [0.29, 0.717) is 24.3 Å². The van der Waals surface area contributed by atoms with Gasteiger partial charge in [0.2, 0.25) is 0 Å². The Bertz CT molecular complexity index is 894. The predicted molar refractivity (Wildman–Crippen MR) is 106 cm³/mol. The van der Waals surface area contributed by atoms with E-state index in [9.17, 15) is 4.79 Å². The summed E-state index contributed by atoms with van der Waals surface area (Å²) in [7, 11) is 1.86. The van der Waals surface area contributed by atoms with Crippen LogP contribution >= 0.6 is 0 Å². The molecule has 27 heavy (non-hydrogen) atoms. The second kappa shape index (κ2) is 9.29. The van der Waals surface area contributed by atoms with Crippen LogP contribution in [0.15, 0.2) is 95.3 Å². The largest absolute Gasteiger partial charge is 0.348 e. The van der Waals surface area contributed by atoms with Crippen molar-refractivity contribution in [2.45, 2.75) is 13.1 Å². The summed E-state index contributed by atoms with van der Waals surface area (Å²) >= 11 is 0. The van der Waals surface area contributed by atoms with Gasteiger partial charge in [-0.25, -0.2) is 0 Å². The number of amides is 1. The standard InChI is InChI=1S/C22H22N4O/c1-26(17-19-12-6-3-7-13-19)25-24-21-15-9-8-14-20(21)22(27)23-16-18-10-4-2-5-11-18/h2-15H,16-17H2,1H3,(H,23,27). The van der Waals surface area contributed by atoms with Gasteiger partial charge in [-0.1, -0.05) is 78.0 Å². The van der Waals surface area contributed by atoms with Crippen molar-refractivity contribution in [3.63, 3.8) is 0 Å². The molecule has 0 atom stereocenters. The monoisotopic (exact) mass is 358 g/mol. The third-order valence-corrected chi connectivity index (χ3v) is 4.00. The molecule has 0 spiro atoms. The van der Waals surface area contributed by atoms with E-state index in [2.05, 4.69) is 15.7 Å². The van der Waals surface area contributed by atoms with Gasteiger partial charge in [-0.2, -0.15) is 0 Å². The number of carbonyl (C=O) groups excluding carboxylic acids is 1. The lowest BCUT2D eigenvalue weighted by Crippen LogP contribution is -2.22. The summed E-state index contributed by atoms with van der Waals surface area (Å²) in [6.45, 7) is 1.12. The SMILES string of the molecule is CN(Cc1ccccc1)N=Nc1ccccc1C(=O)NCc1ccccc1.